The molecule has 0 saturated carbocycles. The van der Waals surface area contributed by atoms with Gasteiger partial charge in [-0.05, 0) is 11.6 Å². The van der Waals surface area contributed by atoms with Gasteiger partial charge in [-0.2, -0.15) is 0 Å². The van der Waals surface area contributed by atoms with Crippen molar-refractivity contribution in [3.8, 4) is 0 Å². The fourth-order valence-electron chi connectivity index (χ4n) is 0.926. The van der Waals surface area contributed by atoms with Crippen LogP contribution in [0, 0.1) is 0 Å². The number of aromatic nitrogens is 1. The molecule has 0 fully saturated rings. The lowest BCUT2D eigenvalue weighted by Gasteiger charge is -2.13. The first-order valence-corrected chi connectivity index (χ1v) is 4.16. The van der Waals surface area contributed by atoms with Gasteiger partial charge in [-0.15, -0.1) is 0 Å². The summed E-state index contributed by atoms with van der Waals surface area (Å²) < 4.78 is 35.6. The lowest BCUT2D eigenvalue weighted by molar-refractivity contribution is 0.467. The third-order valence-electron chi connectivity index (χ3n) is 1.60. The summed E-state index contributed by atoms with van der Waals surface area (Å²) in [5.41, 5.74) is 0.496. The van der Waals surface area contributed by atoms with Crippen LogP contribution in [0.1, 0.15) is 5.56 Å². The molecule has 0 saturated heterocycles. The van der Waals surface area contributed by atoms with Gasteiger partial charge in [0.05, 0.1) is 5.02 Å². The molecule has 13 heavy (non-hydrogen) atoms. The van der Waals surface area contributed by atoms with Crippen molar-refractivity contribution in [2.24, 2.45) is 0 Å². The highest BCUT2D eigenvalue weighted by Gasteiger charge is 2.22. The lowest BCUT2D eigenvalue weighted by Crippen LogP contribution is -2.15. The minimum atomic E-state index is -4.72. The van der Waals surface area contributed by atoms with Crippen molar-refractivity contribution in [3.05, 3.63) is 29.0 Å². The van der Waals surface area contributed by atoms with Gasteiger partial charge in [0.2, 0.25) is 0 Å². The molecule has 0 aliphatic heterocycles. The molecule has 0 N–H and O–H groups in total. The summed E-state index contributed by atoms with van der Waals surface area (Å²) >= 11 is 5.63. The molecule has 72 valence electrons. The average Bonchev–Trinajstić information content (AvgIpc) is 2.01. The summed E-state index contributed by atoms with van der Waals surface area (Å²) in [7, 11) is 0. The Labute approximate surface area is 79.0 Å². The smallest absolute Gasteiger partial charge is 0.449 e. The van der Waals surface area contributed by atoms with Gasteiger partial charge in [0.1, 0.15) is 0 Å². The van der Waals surface area contributed by atoms with Gasteiger partial charge in [-0.25, -0.2) is 0 Å². The maximum absolute atomic E-state index is 11.9. The van der Waals surface area contributed by atoms with Gasteiger partial charge < -0.3 is 12.9 Å². The van der Waals surface area contributed by atoms with Crippen molar-refractivity contribution in [3.63, 3.8) is 0 Å². The Morgan fingerprint density at radius 3 is 2.62 bits per heavy atom. The molecule has 0 aromatic carbocycles. The molecule has 0 aliphatic carbocycles. The zero-order chi connectivity index (χ0) is 9.90. The Morgan fingerprint density at radius 1 is 1.38 bits per heavy atom. The van der Waals surface area contributed by atoms with Crippen LogP contribution < -0.4 is 0 Å². The number of pyridine rings is 1. The summed E-state index contributed by atoms with van der Waals surface area (Å²) in [6.07, 6.45) is 1.93. The molecule has 0 atom stereocenters. The Bertz CT molecular complexity index is 289. The van der Waals surface area contributed by atoms with E-state index >= 15 is 0 Å². The van der Waals surface area contributed by atoms with E-state index in [1.165, 1.54) is 18.5 Å². The van der Waals surface area contributed by atoms with Gasteiger partial charge in [0.15, 0.2) is 0 Å². The van der Waals surface area contributed by atoms with Crippen LogP contribution in [0.15, 0.2) is 18.5 Å². The number of nitrogens with zero attached hydrogens (tertiary/aromatic N) is 1. The van der Waals surface area contributed by atoms with Crippen LogP contribution in [0.25, 0.3) is 0 Å². The highest BCUT2D eigenvalue weighted by Crippen LogP contribution is 2.21. The second-order valence-electron chi connectivity index (χ2n) is 2.72. The quantitative estimate of drug-likeness (QED) is 0.696. The van der Waals surface area contributed by atoms with Gasteiger partial charge in [-0.3, -0.25) is 4.98 Å². The normalized spacial score (nSPS) is 11.7. The van der Waals surface area contributed by atoms with Crippen molar-refractivity contribution in [2.75, 3.05) is 0 Å². The number of halogens is 4. The maximum atomic E-state index is 11.9. The van der Waals surface area contributed by atoms with Crippen LogP contribution >= 0.6 is 11.6 Å². The van der Waals surface area contributed by atoms with Crippen molar-refractivity contribution in [1.29, 1.82) is 0 Å². The van der Waals surface area contributed by atoms with Crippen LogP contribution in [0.3, 0.4) is 0 Å². The van der Waals surface area contributed by atoms with E-state index in [-0.39, 0.29) is 6.42 Å². The van der Waals surface area contributed by atoms with Gasteiger partial charge in [-0.1, -0.05) is 24.3 Å². The summed E-state index contributed by atoms with van der Waals surface area (Å²) in [6.45, 7) is -4.72. The van der Waals surface area contributed by atoms with E-state index in [0.717, 1.165) is 0 Å². The van der Waals surface area contributed by atoms with E-state index < -0.39 is 13.3 Å². The van der Waals surface area contributed by atoms with E-state index in [2.05, 4.69) is 4.98 Å². The van der Waals surface area contributed by atoms with Crippen LogP contribution in [0.4, 0.5) is 12.9 Å². The maximum Gasteiger partial charge on any atom is 0.478 e. The fourth-order valence-corrected chi connectivity index (χ4v) is 1.14. The van der Waals surface area contributed by atoms with Crippen LogP contribution in [0.2, 0.25) is 11.3 Å². The highest BCUT2D eigenvalue weighted by molar-refractivity contribution is 6.58. The van der Waals surface area contributed by atoms with E-state index in [0.29, 0.717) is 10.6 Å². The first-order valence-electron chi connectivity index (χ1n) is 3.78. The largest absolute Gasteiger partial charge is 0.478 e. The summed E-state index contributed by atoms with van der Waals surface area (Å²) in [5, 5.41) is 0.294. The van der Waals surface area contributed by atoms with E-state index in [1.54, 1.807) is 0 Å². The topological polar surface area (TPSA) is 12.9 Å². The minimum Gasteiger partial charge on any atom is -0.449 e. The monoisotopic (exact) mass is 208 g/mol. The molecule has 0 radical (unpaired) electrons. The van der Waals surface area contributed by atoms with Gasteiger partial charge in [0, 0.05) is 12.4 Å². The standard InChI is InChI=1S/C7H7BClF3N/c9-7-5-13-4-2-6(7)1-3-8(10,11)12/h2,4-5H,1,3H2/q-1. The predicted octanol–water partition coefficient (Wildman–Crippen LogP) is 3.12. The summed E-state index contributed by atoms with van der Waals surface area (Å²) in [6, 6.07) is 1.50. The Balaban J connectivity index is 2.60. The SMILES string of the molecule is F[B-](F)(F)CCc1ccncc1Cl. The fraction of sp³-hybridized carbons (Fsp3) is 0.286. The van der Waals surface area contributed by atoms with Crippen LogP contribution in [-0.4, -0.2) is 12.0 Å². The summed E-state index contributed by atoms with van der Waals surface area (Å²) in [5.74, 6) is 0. The molecule has 0 bridgehead atoms. The molecular formula is C7H7BClF3N-. The molecule has 1 aromatic rings. The van der Waals surface area contributed by atoms with Crippen molar-refractivity contribution >= 4 is 18.6 Å². The van der Waals surface area contributed by atoms with Crippen molar-refractivity contribution < 1.29 is 12.9 Å². The average molecular weight is 208 g/mol. The van der Waals surface area contributed by atoms with Crippen LogP contribution in [-0.2, 0) is 6.42 Å². The highest BCUT2D eigenvalue weighted by atomic mass is 35.5. The third kappa shape index (κ3) is 3.68. The third-order valence-corrected chi connectivity index (χ3v) is 1.94. The minimum absolute atomic E-state index is 0.0646. The number of hydrogen-bond acceptors (Lipinski definition) is 1. The van der Waals surface area contributed by atoms with Crippen LogP contribution in [0.5, 0.6) is 0 Å². The molecule has 6 heteroatoms. The van der Waals surface area contributed by atoms with E-state index in [1.807, 2.05) is 0 Å². The number of rotatable bonds is 3. The molecule has 0 aliphatic rings. The van der Waals surface area contributed by atoms with Gasteiger partial charge in [0.25, 0.3) is 0 Å². The van der Waals surface area contributed by atoms with Crippen molar-refractivity contribution in [1.82, 2.24) is 4.98 Å². The molecule has 0 spiro atoms. The second-order valence-corrected chi connectivity index (χ2v) is 3.12. The molecular weight excluding hydrogens is 201 g/mol. The molecule has 1 aromatic heterocycles. The predicted molar refractivity (Wildman–Crippen MR) is 46.8 cm³/mol. The summed E-state index contributed by atoms with van der Waals surface area (Å²) in [4.78, 5) is 3.68. The van der Waals surface area contributed by atoms with Gasteiger partial charge >= 0.3 is 6.98 Å². The van der Waals surface area contributed by atoms with Crippen molar-refractivity contribution in [2.45, 2.75) is 12.7 Å². The second kappa shape index (κ2) is 4.00. The molecule has 0 amide bonds. The first-order chi connectivity index (χ1) is 5.99. The molecule has 1 heterocycles. The Morgan fingerprint density at radius 2 is 2.08 bits per heavy atom. The zero-order valence-corrected chi connectivity index (χ0v) is 7.44. The van der Waals surface area contributed by atoms with E-state index in [9.17, 15) is 12.9 Å². The number of hydrogen-bond donors (Lipinski definition) is 0. The lowest BCUT2D eigenvalue weighted by atomic mass is 9.83. The molecule has 0 unspecified atom stereocenters. The molecule has 1 nitrogen and oxygen atoms in total. The number of aryl methyl sites for hydroxylation is 1. The Hall–Kier alpha value is -0.705. The Kier molecular flexibility index (Phi) is 3.19. The molecule has 1 rings (SSSR count). The zero-order valence-electron chi connectivity index (χ0n) is 6.68. The first kappa shape index (κ1) is 10.4. The van der Waals surface area contributed by atoms with E-state index in [4.69, 9.17) is 11.6 Å².